The Hall–Kier alpha value is -2.96. The van der Waals surface area contributed by atoms with Crippen LogP contribution in [0.2, 0.25) is 0 Å². The van der Waals surface area contributed by atoms with E-state index < -0.39 is 0 Å². The molecule has 5 rings (SSSR count). The highest BCUT2D eigenvalue weighted by Crippen LogP contribution is 2.31. The first-order valence-corrected chi connectivity index (χ1v) is 10.7. The second-order valence-electron chi connectivity index (χ2n) is 7.14. The molecule has 29 heavy (non-hydrogen) atoms. The lowest BCUT2D eigenvalue weighted by Crippen LogP contribution is -2.46. The molecule has 0 bridgehead atoms. The molecule has 1 saturated heterocycles. The summed E-state index contributed by atoms with van der Waals surface area (Å²) < 4.78 is 7.09. The van der Waals surface area contributed by atoms with Crippen LogP contribution in [-0.4, -0.2) is 41.0 Å². The van der Waals surface area contributed by atoms with Crippen LogP contribution in [0.4, 0.5) is 5.82 Å². The van der Waals surface area contributed by atoms with E-state index in [0.29, 0.717) is 5.19 Å². The molecule has 0 spiro atoms. The van der Waals surface area contributed by atoms with Crippen molar-refractivity contribution < 1.29 is 4.74 Å². The van der Waals surface area contributed by atoms with Gasteiger partial charge in [-0.05, 0) is 42.0 Å². The summed E-state index contributed by atoms with van der Waals surface area (Å²) in [6, 6.07) is 22.5. The third-order valence-electron chi connectivity index (χ3n) is 5.15. The zero-order valence-electron chi connectivity index (χ0n) is 16.1. The Morgan fingerprint density at radius 2 is 1.66 bits per heavy atom. The Bertz CT molecular complexity index is 1040. The molecule has 0 atom stereocenters. The summed E-state index contributed by atoms with van der Waals surface area (Å²) in [5.74, 6) is 1.90. The number of fused-ring (bicyclic) bond motifs is 1. The first-order valence-electron chi connectivity index (χ1n) is 9.84. The fraction of sp³-hybridized carbons (Fsp3) is 0.217. The lowest BCUT2D eigenvalue weighted by Gasteiger charge is -2.35. The molecular weight excluding hydrogens is 380 g/mol. The number of pyridine rings is 1. The molecule has 3 heterocycles. The minimum atomic E-state index is 0.685. The van der Waals surface area contributed by atoms with Gasteiger partial charge in [-0.3, -0.25) is 4.90 Å². The van der Waals surface area contributed by atoms with Crippen molar-refractivity contribution in [3.63, 3.8) is 0 Å². The Balaban J connectivity index is 1.17. The summed E-state index contributed by atoms with van der Waals surface area (Å²) in [7, 11) is 0. The average Bonchev–Trinajstić information content (AvgIpc) is 3.19. The van der Waals surface area contributed by atoms with Gasteiger partial charge in [0, 0.05) is 38.9 Å². The molecule has 0 saturated carbocycles. The zero-order chi connectivity index (χ0) is 19.5. The molecule has 1 fully saturated rings. The van der Waals surface area contributed by atoms with Crippen molar-refractivity contribution in [2.45, 2.75) is 6.54 Å². The molecule has 0 N–H and O–H groups in total. The van der Waals surface area contributed by atoms with Crippen molar-refractivity contribution in [3.8, 4) is 10.9 Å². The topological polar surface area (TPSA) is 41.5 Å². The molecule has 5 nitrogen and oxygen atoms in total. The van der Waals surface area contributed by atoms with Gasteiger partial charge in [0.05, 0.1) is 10.2 Å². The van der Waals surface area contributed by atoms with Gasteiger partial charge in [-0.1, -0.05) is 41.7 Å². The molecule has 0 radical (unpaired) electrons. The highest BCUT2D eigenvalue weighted by Gasteiger charge is 2.17. The monoisotopic (exact) mass is 402 g/mol. The van der Waals surface area contributed by atoms with E-state index >= 15 is 0 Å². The van der Waals surface area contributed by atoms with E-state index in [0.717, 1.165) is 54.5 Å². The van der Waals surface area contributed by atoms with Gasteiger partial charge in [-0.15, -0.1) is 0 Å². The molecule has 6 heteroatoms. The SMILES string of the molecule is c1ccc(N2CCN(Cc3ccc(Oc4nc5ccccc5s4)cc3)CC2)nc1. The highest BCUT2D eigenvalue weighted by molar-refractivity contribution is 7.20. The molecule has 1 aliphatic rings. The number of hydrogen-bond donors (Lipinski definition) is 0. The molecule has 2 aromatic heterocycles. The smallest absolute Gasteiger partial charge is 0.279 e. The number of para-hydroxylation sites is 1. The van der Waals surface area contributed by atoms with Crippen LogP contribution in [0.15, 0.2) is 72.9 Å². The van der Waals surface area contributed by atoms with Crippen molar-refractivity contribution in [1.82, 2.24) is 14.9 Å². The summed E-state index contributed by atoms with van der Waals surface area (Å²) in [5, 5.41) is 0.685. The first-order chi connectivity index (χ1) is 14.3. The van der Waals surface area contributed by atoms with Crippen molar-refractivity contribution in [2.24, 2.45) is 0 Å². The van der Waals surface area contributed by atoms with Gasteiger partial charge in [0.25, 0.3) is 5.19 Å². The summed E-state index contributed by atoms with van der Waals surface area (Å²) >= 11 is 1.57. The van der Waals surface area contributed by atoms with Gasteiger partial charge in [-0.2, -0.15) is 0 Å². The number of rotatable bonds is 5. The van der Waals surface area contributed by atoms with E-state index in [1.54, 1.807) is 11.3 Å². The van der Waals surface area contributed by atoms with Gasteiger partial charge >= 0.3 is 0 Å². The Labute approximate surface area is 174 Å². The molecule has 1 aliphatic heterocycles. The maximum Gasteiger partial charge on any atom is 0.279 e. The predicted octanol–water partition coefficient (Wildman–Crippen LogP) is 4.81. The molecule has 146 valence electrons. The zero-order valence-corrected chi connectivity index (χ0v) is 16.9. The third-order valence-corrected chi connectivity index (χ3v) is 6.07. The highest BCUT2D eigenvalue weighted by atomic mass is 32.1. The number of thiazole rings is 1. The lowest BCUT2D eigenvalue weighted by atomic mass is 10.2. The fourth-order valence-corrected chi connectivity index (χ4v) is 4.43. The standard InChI is InChI=1S/C23H22N4OS/c1-2-6-21-20(5-1)25-23(29-21)28-19-10-8-18(9-11-19)17-26-13-15-27(16-14-26)22-7-3-4-12-24-22/h1-12H,13-17H2. The van der Waals surface area contributed by atoms with Crippen molar-refractivity contribution in [3.05, 3.63) is 78.5 Å². The Morgan fingerprint density at radius 1 is 0.862 bits per heavy atom. The maximum absolute atomic E-state index is 5.95. The third kappa shape index (κ3) is 4.23. The summed E-state index contributed by atoms with van der Waals surface area (Å²) in [6.45, 7) is 5.06. The van der Waals surface area contributed by atoms with Gasteiger partial charge in [0.2, 0.25) is 0 Å². The van der Waals surface area contributed by atoms with Crippen molar-refractivity contribution in [2.75, 3.05) is 31.1 Å². The van der Waals surface area contributed by atoms with E-state index in [4.69, 9.17) is 4.74 Å². The fourth-order valence-electron chi connectivity index (χ4n) is 3.59. The minimum Gasteiger partial charge on any atom is -0.431 e. The van der Waals surface area contributed by atoms with Gasteiger partial charge in [0.1, 0.15) is 11.6 Å². The van der Waals surface area contributed by atoms with Crippen LogP contribution in [0.3, 0.4) is 0 Å². The minimum absolute atomic E-state index is 0.685. The van der Waals surface area contributed by atoms with E-state index in [1.807, 2.05) is 48.7 Å². The second kappa shape index (κ2) is 8.19. The number of aromatic nitrogens is 2. The van der Waals surface area contributed by atoms with Crippen LogP contribution in [0, 0.1) is 0 Å². The Kier molecular flexibility index (Phi) is 5.11. The van der Waals surface area contributed by atoms with Gasteiger partial charge in [0.15, 0.2) is 0 Å². The van der Waals surface area contributed by atoms with E-state index in [1.165, 1.54) is 5.56 Å². The molecule has 0 unspecified atom stereocenters. The van der Waals surface area contributed by atoms with Crippen LogP contribution >= 0.6 is 11.3 Å². The number of benzene rings is 2. The number of hydrogen-bond acceptors (Lipinski definition) is 6. The number of anilines is 1. The second-order valence-corrected chi connectivity index (χ2v) is 8.14. The van der Waals surface area contributed by atoms with E-state index in [9.17, 15) is 0 Å². The first kappa shape index (κ1) is 18.1. The van der Waals surface area contributed by atoms with Gasteiger partial charge in [-0.25, -0.2) is 9.97 Å². The predicted molar refractivity (Wildman–Crippen MR) is 118 cm³/mol. The molecular formula is C23H22N4OS. The maximum atomic E-state index is 5.95. The normalized spacial score (nSPS) is 15.0. The average molecular weight is 403 g/mol. The van der Waals surface area contributed by atoms with Crippen molar-refractivity contribution >= 4 is 27.4 Å². The Morgan fingerprint density at radius 3 is 2.41 bits per heavy atom. The van der Waals surface area contributed by atoms with Gasteiger partial charge < -0.3 is 9.64 Å². The largest absolute Gasteiger partial charge is 0.431 e. The van der Waals surface area contributed by atoms with E-state index in [-0.39, 0.29) is 0 Å². The molecule has 0 amide bonds. The van der Waals surface area contributed by atoms with Crippen molar-refractivity contribution in [1.29, 1.82) is 0 Å². The molecule has 4 aromatic rings. The summed E-state index contributed by atoms with van der Waals surface area (Å²) in [6.07, 6.45) is 1.86. The van der Waals surface area contributed by atoms with E-state index in [2.05, 4.69) is 44.0 Å². The van der Waals surface area contributed by atoms with Crippen LogP contribution in [0.1, 0.15) is 5.56 Å². The number of nitrogens with zero attached hydrogens (tertiary/aromatic N) is 4. The van der Waals surface area contributed by atoms with Crippen LogP contribution in [0.25, 0.3) is 10.2 Å². The lowest BCUT2D eigenvalue weighted by molar-refractivity contribution is 0.249. The quantitative estimate of drug-likeness (QED) is 0.479. The number of ether oxygens (including phenoxy) is 1. The van der Waals surface area contributed by atoms with Crippen LogP contribution in [0.5, 0.6) is 10.9 Å². The molecule has 2 aromatic carbocycles. The number of piperazine rings is 1. The van der Waals surface area contributed by atoms with Crippen LogP contribution < -0.4 is 9.64 Å². The molecule has 0 aliphatic carbocycles. The van der Waals surface area contributed by atoms with Crippen LogP contribution in [-0.2, 0) is 6.54 Å². The summed E-state index contributed by atoms with van der Waals surface area (Å²) in [4.78, 5) is 13.8. The summed E-state index contributed by atoms with van der Waals surface area (Å²) in [5.41, 5.74) is 2.28.